The number of carbonyl (C=O) groups is 2. The first-order chi connectivity index (χ1) is 12.3. The summed E-state index contributed by atoms with van der Waals surface area (Å²) in [6.45, 7) is 1.95. The van der Waals surface area contributed by atoms with E-state index in [4.69, 9.17) is 0 Å². The Morgan fingerprint density at radius 3 is 2.77 bits per heavy atom. The highest BCUT2D eigenvalue weighted by atomic mass is 16.3. The first kappa shape index (κ1) is 20.1. The molecular formula is C18H28N4O4. The molecule has 0 spiro atoms. The number of likely N-dealkylation sites (N-methyl/N-ethyl adjacent to an activating group) is 1. The van der Waals surface area contributed by atoms with Gasteiger partial charge in [0.1, 0.15) is 5.75 Å². The molecule has 0 saturated carbocycles. The van der Waals surface area contributed by atoms with E-state index in [0.717, 1.165) is 6.42 Å². The monoisotopic (exact) mass is 364 g/mol. The van der Waals surface area contributed by atoms with Gasteiger partial charge in [-0.25, -0.2) is 0 Å². The molecule has 1 aliphatic heterocycles. The average Bonchev–Trinajstić information content (AvgIpc) is 2.75. The summed E-state index contributed by atoms with van der Waals surface area (Å²) < 4.78 is 0. The molecule has 0 radical (unpaired) electrons. The lowest BCUT2D eigenvalue weighted by Gasteiger charge is -2.30. The van der Waals surface area contributed by atoms with Crippen molar-refractivity contribution in [2.24, 2.45) is 0 Å². The van der Waals surface area contributed by atoms with Gasteiger partial charge < -0.3 is 25.3 Å². The molecule has 26 heavy (non-hydrogen) atoms. The third-order valence-corrected chi connectivity index (χ3v) is 4.49. The van der Waals surface area contributed by atoms with Crippen LogP contribution in [-0.2, 0) is 4.79 Å². The predicted molar refractivity (Wildman–Crippen MR) is 96.8 cm³/mol. The van der Waals surface area contributed by atoms with Gasteiger partial charge in [-0.15, -0.1) is 0 Å². The largest absolute Gasteiger partial charge is 0.506 e. The highest BCUT2D eigenvalue weighted by Gasteiger charge is 2.31. The van der Waals surface area contributed by atoms with E-state index < -0.39 is 5.60 Å². The van der Waals surface area contributed by atoms with Crippen molar-refractivity contribution >= 4 is 11.8 Å². The Balaban J connectivity index is 1.78. The van der Waals surface area contributed by atoms with Crippen LogP contribution >= 0.6 is 0 Å². The smallest absolute Gasteiger partial charge is 0.252 e. The van der Waals surface area contributed by atoms with Crippen molar-refractivity contribution in [1.82, 2.24) is 20.1 Å². The van der Waals surface area contributed by atoms with Crippen molar-refractivity contribution in [3.8, 4) is 5.75 Å². The fraction of sp³-hybridized carbons (Fsp3) is 0.611. The first-order valence-electron chi connectivity index (χ1n) is 8.86. The standard InChI is InChI=1S/C18H28N4O4/c1-21(2)13-18(26)5-3-8-22(9-6-18)16(24)4-7-20-17(25)14-10-15(23)12-19-11-14/h10-12,23,26H,3-9,13H2,1-2H3,(H,20,25)/t18-/m1/s1. The number of nitrogens with zero attached hydrogens (tertiary/aromatic N) is 3. The highest BCUT2D eigenvalue weighted by molar-refractivity contribution is 5.94. The normalized spacial score (nSPS) is 20.7. The number of likely N-dealkylation sites (tertiary alicyclic amines) is 1. The molecule has 1 fully saturated rings. The molecule has 1 aliphatic rings. The lowest BCUT2D eigenvalue weighted by Crippen LogP contribution is -2.41. The van der Waals surface area contributed by atoms with Crippen molar-refractivity contribution in [1.29, 1.82) is 0 Å². The molecule has 2 rings (SSSR count). The van der Waals surface area contributed by atoms with Crippen LogP contribution in [0.4, 0.5) is 0 Å². The Morgan fingerprint density at radius 1 is 1.31 bits per heavy atom. The van der Waals surface area contributed by atoms with Gasteiger partial charge >= 0.3 is 0 Å². The van der Waals surface area contributed by atoms with Crippen LogP contribution in [0.1, 0.15) is 36.0 Å². The maximum absolute atomic E-state index is 12.4. The van der Waals surface area contributed by atoms with Gasteiger partial charge in [-0.2, -0.15) is 0 Å². The van der Waals surface area contributed by atoms with Crippen molar-refractivity contribution in [3.05, 3.63) is 24.0 Å². The van der Waals surface area contributed by atoms with Crippen LogP contribution in [0.5, 0.6) is 5.75 Å². The summed E-state index contributed by atoms with van der Waals surface area (Å²) in [6, 6.07) is 1.32. The SMILES string of the molecule is CN(C)C[C@@]1(O)CCCN(C(=O)CCNC(=O)c2cncc(O)c2)CC1. The summed E-state index contributed by atoms with van der Waals surface area (Å²) in [5, 5.41) is 22.7. The minimum atomic E-state index is -0.755. The lowest BCUT2D eigenvalue weighted by molar-refractivity contribution is -0.131. The van der Waals surface area contributed by atoms with E-state index in [1.807, 2.05) is 19.0 Å². The van der Waals surface area contributed by atoms with Crippen molar-refractivity contribution in [2.75, 3.05) is 40.3 Å². The van der Waals surface area contributed by atoms with E-state index in [-0.39, 0.29) is 36.1 Å². The molecule has 0 aliphatic carbocycles. The Labute approximate surface area is 153 Å². The van der Waals surface area contributed by atoms with Crippen LogP contribution in [-0.4, -0.2) is 82.7 Å². The number of rotatable bonds is 6. The lowest BCUT2D eigenvalue weighted by atomic mass is 9.94. The maximum Gasteiger partial charge on any atom is 0.252 e. The third kappa shape index (κ3) is 5.96. The zero-order valence-corrected chi connectivity index (χ0v) is 15.4. The van der Waals surface area contributed by atoms with E-state index in [1.54, 1.807) is 4.90 Å². The molecule has 1 saturated heterocycles. The van der Waals surface area contributed by atoms with Crippen LogP contribution < -0.4 is 5.32 Å². The van der Waals surface area contributed by atoms with E-state index in [2.05, 4.69) is 10.3 Å². The molecule has 144 valence electrons. The van der Waals surface area contributed by atoms with E-state index >= 15 is 0 Å². The van der Waals surface area contributed by atoms with Crippen molar-refractivity contribution in [2.45, 2.75) is 31.3 Å². The second-order valence-electron chi connectivity index (χ2n) is 7.13. The Kier molecular flexibility index (Phi) is 6.93. The van der Waals surface area contributed by atoms with Gasteiger partial charge in [0.2, 0.25) is 5.91 Å². The van der Waals surface area contributed by atoms with Crippen LogP contribution in [0.25, 0.3) is 0 Å². The number of aromatic hydroxyl groups is 1. The Hall–Kier alpha value is -2.19. The first-order valence-corrected chi connectivity index (χ1v) is 8.86. The molecule has 2 heterocycles. The van der Waals surface area contributed by atoms with Crippen molar-refractivity contribution < 1.29 is 19.8 Å². The van der Waals surface area contributed by atoms with Gasteiger partial charge in [-0.1, -0.05) is 0 Å². The number of hydrogen-bond acceptors (Lipinski definition) is 6. The quantitative estimate of drug-likeness (QED) is 0.666. The molecule has 8 heteroatoms. The fourth-order valence-electron chi connectivity index (χ4n) is 3.27. The second-order valence-corrected chi connectivity index (χ2v) is 7.13. The highest BCUT2D eigenvalue weighted by Crippen LogP contribution is 2.23. The average molecular weight is 364 g/mol. The number of hydrogen-bond donors (Lipinski definition) is 3. The second kappa shape index (κ2) is 8.95. The third-order valence-electron chi connectivity index (χ3n) is 4.49. The molecule has 8 nitrogen and oxygen atoms in total. The maximum atomic E-state index is 12.4. The molecule has 1 atom stereocenters. The van der Waals surface area contributed by atoms with Crippen molar-refractivity contribution in [3.63, 3.8) is 0 Å². The summed E-state index contributed by atoms with van der Waals surface area (Å²) in [5.41, 5.74) is -0.504. The van der Waals surface area contributed by atoms with E-state index in [9.17, 15) is 19.8 Å². The van der Waals surface area contributed by atoms with Gasteiger partial charge in [-0.05, 0) is 39.4 Å². The minimum Gasteiger partial charge on any atom is -0.506 e. The van der Waals surface area contributed by atoms with Gasteiger partial charge in [0.15, 0.2) is 0 Å². The summed E-state index contributed by atoms with van der Waals surface area (Å²) >= 11 is 0. The molecule has 1 aromatic heterocycles. The fourth-order valence-corrected chi connectivity index (χ4v) is 3.27. The topological polar surface area (TPSA) is 106 Å². The van der Waals surface area contributed by atoms with Crippen LogP contribution in [0.2, 0.25) is 0 Å². The zero-order valence-electron chi connectivity index (χ0n) is 15.4. The number of nitrogens with one attached hydrogen (secondary N) is 1. The molecular weight excluding hydrogens is 336 g/mol. The zero-order chi connectivity index (χ0) is 19.2. The number of pyridine rings is 1. The van der Waals surface area contributed by atoms with E-state index in [1.165, 1.54) is 18.5 Å². The molecule has 0 bridgehead atoms. The predicted octanol–water partition coefficient (Wildman–Crippen LogP) is 0.212. The number of amides is 2. The molecule has 2 amide bonds. The van der Waals surface area contributed by atoms with Crippen LogP contribution in [0.3, 0.4) is 0 Å². The minimum absolute atomic E-state index is 0.0339. The Morgan fingerprint density at radius 2 is 2.08 bits per heavy atom. The summed E-state index contributed by atoms with van der Waals surface area (Å²) in [4.78, 5) is 31.8. The van der Waals surface area contributed by atoms with E-state index in [0.29, 0.717) is 32.5 Å². The molecule has 0 unspecified atom stereocenters. The van der Waals surface area contributed by atoms with Gasteiger partial charge in [0.05, 0.1) is 17.4 Å². The molecule has 1 aromatic rings. The molecule has 0 aromatic carbocycles. The van der Waals surface area contributed by atoms with Gasteiger partial charge in [0.25, 0.3) is 5.91 Å². The number of aromatic nitrogens is 1. The van der Waals surface area contributed by atoms with Crippen LogP contribution in [0.15, 0.2) is 18.5 Å². The number of carbonyl (C=O) groups excluding carboxylic acids is 2. The van der Waals surface area contributed by atoms with Gasteiger partial charge in [-0.3, -0.25) is 14.6 Å². The van der Waals surface area contributed by atoms with Gasteiger partial charge in [0, 0.05) is 38.8 Å². The summed E-state index contributed by atoms with van der Waals surface area (Å²) in [6.07, 6.45) is 4.80. The number of aliphatic hydroxyl groups is 1. The molecule has 3 N–H and O–H groups in total. The Bertz CT molecular complexity index is 637. The van der Waals surface area contributed by atoms with Crippen LogP contribution in [0, 0.1) is 0 Å². The summed E-state index contributed by atoms with van der Waals surface area (Å²) in [7, 11) is 3.85. The summed E-state index contributed by atoms with van der Waals surface area (Å²) in [5.74, 6) is -0.491.